The molecule has 4 heterocycles. The minimum Gasteiger partial charge on any atom is -0.494 e. The molecule has 41 heavy (non-hydrogen) atoms. The van der Waals surface area contributed by atoms with Crippen LogP contribution in [-0.2, 0) is 4.74 Å². The second-order valence-electron chi connectivity index (χ2n) is 9.84. The van der Waals surface area contributed by atoms with Crippen molar-refractivity contribution < 1.29 is 18.3 Å². The fourth-order valence-electron chi connectivity index (χ4n) is 4.55. The minimum atomic E-state index is -2.91. The number of ether oxygens (including phenoxy) is 2. The number of halogens is 2. The van der Waals surface area contributed by atoms with Gasteiger partial charge in [-0.3, -0.25) is 4.57 Å². The molecule has 0 amide bonds. The van der Waals surface area contributed by atoms with Crippen LogP contribution in [0, 0.1) is 0 Å². The van der Waals surface area contributed by atoms with Gasteiger partial charge in [-0.05, 0) is 39.2 Å². The topological polar surface area (TPSA) is 136 Å². The maximum Gasteiger partial charge on any atom is 0.296 e. The minimum absolute atomic E-state index is 0.0403. The van der Waals surface area contributed by atoms with Crippen LogP contribution in [0.1, 0.15) is 18.7 Å². The van der Waals surface area contributed by atoms with Gasteiger partial charge in [0.1, 0.15) is 17.0 Å². The van der Waals surface area contributed by atoms with E-state index in [1.54, 1.807) is 18.2 Å². The van der Waals surface area contributed by atoms with Gasteiger partial charge in [-0.1, -0.05) is 6.07 Å². The number of benzene rings is 1. The lowest BCUT2D eigenvalue weighted by molar-refractivity contribution is 0.122. The Kier molecular flexibility index (Phi) is 8.35. The molecule has 0 bridgehead atoms. The number of nitrogens with two attached hydrogens (primary N) is 1. The Bertz CT molecular complexity index is 1510. The highest BCUT2D eigenvalue weighted by atomic mass is 19.3. The highest BCUT2D eigenvalue weighted by Crippen LogP contribution is 2.33. The van der Waals surface area contributed by atoms with Crippen molar-refractivity contribution in [2.45, 2.75) is 12.8 Å². The highest BCUT2D eigenvalue weighted by Gasteiger charge is 2.27. The van der Waals surface area contributed by atoms with Crippen molar-refractivity contribution >= 4 is 28.6 Å². The molecule has 218 valence electrons. The van der Waals surface area contributed by atoms with Gasteiger partial charge in [0.25, 0.3) is 6.43 Å². The van der Waals surface area contributed by atoms with Gasteiger partial charge >= 0.3 is 0 Å². The zero-order valence-corrected chi connectivity index (χ0v) is 23.5. The molecule has 1 aliphatic heterocycles. The molecule has 0 spiro atoms. The van der Waals surface area contributed by atoms with E-state index in [1.165, 1.54) is 17.9 Å². The van der Waals surface area contributed by atoms with Crippen LogP contribution < -0.4 is 20.3 Å². The molecule has 0 radical (unpaired) electrons. The summed E-state index contributed by atoms with van der Waals surface area (Å²) in [4.78, 5) is 33.1. The molecule has 0 saturated carbocycles. The summed E-state index contributed by atoms with van der Waals surface area (Å²) in [5, 5.41) is 0. The third-order valence-electron chi connectivity index (χ3n) is 6.65. The van der Waals surface area contributed by atoms with Crippen LogP contribution in [0.15, 0.2) is 24.4 Å². The van der Waals surface area contributed by atoms with Crippen molar-refractivity contribution in [1.29, 1.82) is 0 Å². The van der Waals surface area contributed by atoms with E-state index in [0.29, 0.717) is 50.1 Å². The Hall–Kier alpha value is -4.24. The van der Waals surface area contributed by atoms with E-state index in [0.717, 1.165) is 13.0 Å². The Balaban J connectivity index is 1.66. The average Bonchev–Trinajstić information content (AvgIpc) is 3.38. The van der Waals surface area contributed by atoms with Crippen molar-refractivity contribution in [2.75, 3.05) is 83.2 Å². The van der Waals surface area contributed by atoms with Gasteiger partial charge in [0.15, 0.2) is 11.6 Å². The molecule has 1 saturated heterocycles. The number of nitrogen functional groups attached to an aromatic ring is 1. The fraction of sp³-hybridized carbons (Fsp3) is 0.462. The van der Waals surface area contributed by atoms with Crippen molar-refractivity contribution in [3.63, 3.8) is 0 Å². The van der Waals surface area contributed by atoms with Crippen molar-refractivity contribution in [2.24, 2.45) is 0 Å². The Morgan fingerprint density at radius 1 is 1.02 bits per heavy atom. The Morgan fingerprint density at radius 3 is 2.49 bits per heavy atom. The third-order valence-corrected chi connectivity index (χ3v) is 6.65. The molecular weight excluding hydrogens is 536 g/mol. The summed E-state index contributed by atoms with van der Waals surface area (Å²) >= 11 is 0. The predicted molar refractivity (Wildman–Crippen MR) is 151 cm³/mol. The van der Waals surface area contributed by atoms with Crippen molar-refractivity contribution in [3.8, 4) is 23.2 Å². The number of anilines is 3. The molecule has 1 fully saturated rings. The number of fused-ring (bicyclic) bond motifs is 1. The molecule has 1 aromatic carbocycles. The molecule has 1 aliphatic rings. The molecule has 3 aromatic heterocycles. The monoisotopic (exact) mass is 569 g/mol. The van der Waals surface area contributed by atoms with Crippen LogP contribution in [0.2, 0.25) is 0 Å². The second-order valence-corrected chi connectivity index (χ2v) is 9.84. The zero-order chi connectivity index (χ0) is 29.1. The van der Waals surface area contributed by atoms with E-state index in [9.17, 15) is 8.78 Å². The van der Waals surface area contributed by atoms with E-state index in [4.69, 9.17) is 15.2 Å². The molecular formula is C26H33F2N11O2. The number of morpholine rings is 1. The largest absolute Gasteiger partial charge is 0.494 e. The molecule has 4 aromatic rings. The first-order chi connectivity index (χ1) is 19.8. The number of nitrogens with zero attached hydrogens (tertiary/aromatic N) is 10. The number of rotatable bonds is 10. The third kappa shape index (κ3) is 5.95. The second kappa shape index (κ2) is 12.1. The van der Waals surface area contributed by atoms with Gasteiger partial charge in [-0.15, -0.1) is 0 Å². The van der Waals surface area contributed by atoms with Crippen LogP contribution in [0.4, 0.5) is 26.4 Å². The van der Waals surface area contributed by atoms with Gasteiger partial charge in [-0.2, -0.15) is 15.0 Å². The molecule has 2 N–H and O–H groups in total. The summed E-state index contributed by atoms with van der Waals surface area (Å²) < 4.78 is 40.8. The first-order valence-electron chi connectivity index (χ1n) is 13.2. The maximum absolute atomic E-state index is 14.4. The summed E-state index contributed by atoms with van der Waals surface area (Å²) in [7, 11) is 7.38. The van der Waals surface area contributed by atoms with Gasteiger partial charge in [-0.25, -0.2) is 23.7 Å². The van der Waals surface area contributed by atoms with E-state index >= 15 is 0 Å². The van der Waals surface area contributed by atoms with Gasteiger partial charge in [0, 0.05) is 26.7 Å². The molecule has 0 aliphatic carbocycles. The van der Waals surface area contributed by atoms with Crippen LogP contribution in [0.25, 0.3) is 28.5 Å². The van der Waals surface area contributed by atoms with Gasteiger partial charge in [0.05, 0.1) is 37.7 Å². The molecule has 0 unspecified atom stereocenters. The normalized spacial score (nSPS) is 13.9. The average molecular weight is 570 g/mol. The smallest absolute Gasteiger partial charge is 0.296 e. The van der Waals surface area contributed by atoms with E-state index < -0.39 is 12.2 Å². The number of methoxy groups -OCH3 is 1. The lowest BCUT2D eigenvalue weighted by atomic mass is 10.3. The lowest BCUT2D eigenvalue weighted by Gasteiger charge is -2.27. The summed E-state index contributed by atoms with van der Waals surface area (Å²) in [5.74, 6) is 0.649. The van der Waals surface area contributed by atoms with Gasteiger partial charge in [0.2, 0.25) is 17.8 Å². The maximum atomic E-state index is 14.4. The first kappa shape index (κ1) is 28.3. The van der Waals surface area contributed by atoms with Crippen molar-refractivity contribution in [1.82, 2.24) is 39.4 Å². The van der Waals surface area contributed by atoms with E-state index in [2.05, 4.69) is 34.8 Å². The van der Waals surface area contributed by atoms with Crippen LogP contribution in [0.3, 0.4) is 0 Å². The molecule has 0 atom stereocenters. The molecule has 5 rings (SSSR count). The summed E-state index contributed by atoms with van der Waals surface area (Å²) in [6, 6.07) is 5.01. The van der Waals surface area contributed by atoms with Crippen molar-refractivity contribution in [3.05, 3.63) is 30.2 Å². The highest BCUT2D eigenvalue weighted by molar-refractivity contribution is 5.84. The van der Waals surface area contributed by atoms with E-state index in [1.807, 2.05) is 30.9 Å². The fourth-order valence-corrected chi connectivity index (χ4v) is 4.55. The molecule has 13 nitrogen and oxygen atoms in total. The van der Waals surface area contributed by atoms with Crippen LogP contribution in [0.5, 0.6) is 5.75 Å². The SMILES string of the molecule is COc1cccc2c1nc(C(F)F)n2-c1nc(-c2nc(N(C)CCCN(C)C)ncc2N)nc(N2CCOCC2)n1. The van der Waals surface area contributed by atoms with Crippen LogP contribution in [-0.4, -0.2) is 107 Å². The Morgan fingerprint density at radius 2 is 1.78 bits per heavy atom. The quantitative estimate of drug-likeness (QED) is 0.300. The summed E-state index contributed by atoms with van der Waals surface area (Å²) in [6.45, 7) is 3.60. The zero-order valence-electron chi connectivity index (χ0n) is 23.5. The number of alkyl halides is 2. The molecule has 15 heteroatoms. The number of hydrogen-bond donors (Lipinski definition) is 1. The van der Waals surface area contributed by atoms with E-state index in [-0.39, 0.29) is 34.6 Å². The number of aromatic nitrogens is 7. The summed E-state index contributed by atoms with van der Waals surface area (Å²) in [5.41, 5.74) is 7.47. The lowest BCUT2D eigenvalue weighted by Crippen LogP contribution is -2.37. The number of hydrogen-bond acceptors (Lipinski definition) is 12. The van der Waals surface area contributed by atoms with Crippen LogP contribution >= 0.6 is 0 Å². The first-order valence-corrected chi connectivity index (χ1v) is 13.2. The number of imidazole rings is 1. The summed E-state index contributed by atoms with van der Waals surface area (Å²) in [6.07, 6.45) is -0.511. The Labute approximate surface area is 236 Å². The number of para-hydroxylation sites is 1. The standard InChI is InChI=1S/C26H33F2N11O2/c1-36(2)9-6-10-37(3)24-30-15-16(29)19(32-24)22-33-25(38-11-13-41-14-12-38)35-26(34-22)39-17-7-5-8-18(40-4)20(17)31-23(39)21(27)28/h5,7-8,15,21H,6,9-14,29H2,1-4H3. The predicted octanol–water partition coefficient (Wildman–Crippen LogP) is 2.42. The van der Waals surface area contributed by atoms with Gasteiger partial charge < -0.3 is 29.9 Å².